The molecule has 19 nitrogen and oxygen atoms in total. The maximum atomic E-state index is 13.5. The Morgan fingerprint density at radius 1 is 0.374 bits per heavy atom. The van der Waals surface area contributed by atoms with Crippen molar-refractivity contribution in [3.05, 3.63) is 97.2 Å². The van der Waals surface area contributed by atoms with E-state index in [9.17, 15) is 61.0 Å². The number of amides is 1. The van der Waals surface area contributed by atoms with Gasteiger partial charge in [0.2, 0.25) is 5.91 Å². The molecule has 17 unspecified atom stereocenters. The molecule has 3 heterocycles. The molecule has 3 rings (SSSR count). The summed E-state index contributed by atoms with van der Waals surface area (Å²) in [7, 11) is 0. The quantitative estimate of drug-likeness (QED) is 0.0199. The van der Waals surface area contributed by atoms with Gasteiger partial charge in [0.05, 0.1) is 38.6 Å². The predicted octanol–water partition coefficient (Wildman–Crippen LogP) is 12.4. The molecule has 0 saturated carbocycles. The van der Waals surface area contributed by atoms with E-state index in [4.69, 9.17) is 28.4 Å². The molecule has 99 heavy (non-hydrogen) atoms. The summed E-state index contributed by atoms with van der Waals surface area (Å²) in [5, 5.41) is 121. The van der Waals surface area contributed by atoms with E-state index in [1.807, 2.05) is 6.08 Å². The van der Waals surface area contributed by atoms with Crippen molar-refractivity contribution >= 4 is 5.91 Å². The molecule has 0 spiro atoms. The third kappa shape index (κ3) is 40.5. The van der Waals surface area contributed by atoms with Crippen molar-refractivity contribution in [1.29, 1.82) is 0 Å². The second-order valence-electron chi connectivity index (χ2n) is 27.4. The highest BCUT2D eigenvalue weighted by Gasteiger charge is 2.53. The molecule has 0 bridgehead atoms. The van der Waals surface area contributed by atoms with Crippen LogP contribution in [0, 0.1) is 0 Å². The van der Waals surface area contributed by atoms with Crippen LogP contribution in [0.25, 0.3) is 0 Å². The SMILES string of the molecule is CC/C=C\C/C=C\C/C=C\C/C=C\C/C=C\C/C=C\C/C=C\CCCCCCCCCC(=O)NC(COC1OC(CO)C(OC2OC(CO)C(OC3OC(CO)C(O)C(O)C3O)C(O)C2O)C(O)C1O)C(O)/C=C/CCCCCCCCCCCCCCCCCCCCCCCCC. The largest absolute Gasteiger partial charge is 0.394 e. The van der Waals surface area contributed by atoms with Crippen molar-refractivity contribution in [2.24, 2.45) is 0 Å². The van der Waals surface area contributed by atoms with Crippen molar-refractivity contribution in [2.45, 2.75) is 375 Å². The topological polar surface area (TPSA) is 307 Å². The number of rotatable bonds is 60. The average Bonchev–Trinajstić information content (AvgIpc) is 0.785. The van der Waals surface area contributed by atoms with Gasteiger partial charge in [-0.05, 0) is 77.0 Å². The number of nitrogens with one attached hydrogen (secondary N) is 1. The first-order valence-corrected chi connectivity index (χ1v) is 39.0. The minimum Gasteiger partial charge on any atom is -0.394 e. The van der Waals surface area contributed by atoms with E-state index in [1.54, 1.807) is 6.08 Å². The molecule has 0 aromatic heterocycles. The molecule has 3 aliphatic rings. The second-order valence-corrected chi connectivity index (χ2v) is 27.4. The van der Waals surface area contributed by atoms with E-state index in [1.165, 1.54) is 128 Å². The van der Waals surface area contributed by atoms with Gasteiger partial charge in [-0.3, -0.25) is 4.79 Å². The average molecular weight is 1400 g/mol. The van der Waals surface area contributed by atoms with Gasteiger partial charge in [-0.15, -0.1) is 0 Å². The number of hydrogen-bond donors (Lipinski definition) is 12. The second kappa shape index (κ2) is 60.0. The first-order valence-electron chi connectivity index (χ1n) is 39.0. The zero-order valence-electron chi connectivity index (χ0n) is 60.9. The fourth-order valence-electron chi connectivity index (χ4n) is 12.6. The Morgan fingerprint density at radius 3 is 1.09 bits per heavy atom. The van der Waals surface area contributed by atoms with Crippen LogP contribution < -0.4 is 5.32 Å². The maximum absolute atomic E-state index is 13.5. The Balaban J connectivity index is 1.41. The van der Waals surface area contributed by atoms with Gasteiger partial charge in [0.25, 0.3) is 0 Å². The molecule has 0 aliphatic carbocycles. The van der Waals surface area contributed by atoms with Gasteiger partial charge in [-0.1, -0.05) is 284 Å². The van der Waals surface area contributed by atoms with Crippen LogP contribution in [0.15, 0.2) is 97.2 Å². The summed E-state index contributed by atoms with van der Waals surface area (Å²) in [5.74, 6) is -0.288. The Morgan fingerprint density at radius 2 is 0.697 bits per heavy atom. The summed E-state index contributed by atoms with van der Waals surface area (Å²) in [6, 6.07) is -0.988. The number of aliphatic hydroxyl groups is 11. The maximum Gasteiger partial charge on any atom is 0.220 e. The minimum absolute atomic E-state index is 0.225. The number of unbranched alkanes of at least 4 members (excludes halogenated alkanes) is 30. The number of allylic oxidation sites excluding steroid dienone is 15. The van der Waals surface area contributed by atoms with E-state index in [-0.39, 0.29) is 18.9 Å². The van der Waals surface area contributed by atoms with Crippen LogP contribution in [-0.4, -0.2) is 193 Å². The summed E-state index contributed by atoms with van der Waals surface area (Å²) < 4.78 is 34.4. The lowest BCUT2D eigenvalue weighted by molar-refractivity contribution is -0.379. The molecule has 0 aromatic carbocycles. The summed E-state index contributed by atoms with van der Waals surface area (Å²) in [4.78, 5) is 13.5. The molecular weight excluding hydrogens is 1260 g/mol. The number of hydrogen-bond acceptors (Lipinski definition) is 18. The number of ether oxygens (including phenoxy) is 6. The van der Waals surface area contributed by atoms with E-state index in [0.717, 1.165) is 116 Å². The summed E-state index contributed by atoms with van der Waals surface area (Å²) >= 11 is 0. The fourth-order valence-corrected chi connectivity index (χ4v) is 12.6. The Kier molecular flexibility index (Phi) is 54.5. The van der Waals surface area contributed by atoms with Crippen LogP contribution in [0.1, 0.15) is 271 Å². The summed E-state index contributed by atoms with van der Waals surface area (Å²) in [5.41, 5.74) is 0. The van der Waals surface area contributed by atoms with Gasteiger partial charge in [0.15, 0.2) is 18.9 Å². The van der Waals surface area contributed by atoms with Crippen LogP contribution in [0.3, 0.4) is 0 Å². The van der Waals surface area contributed by atoms with Crippen molar-refractivity contribution in [3.63, 3.8) is 0 Å². The van der Waals surface area contributed by atoms with Gasteiger partial charge in [-0.2, -0.15) is 0 Å². The Labute approximate surface area is 596 Å². The van der Waals surface area contributed by atoms with Crippen molar-refractivity contribution < 1.29 is 89.4 Å². The smallest absolute Gasteiger partial charge is 0.220 e. The summed E-state index contributed by atoms with van der Waals surface area (Å²) in [6.45, 7) is 1.63. The van der Waals surface area contributed by atoms with Crippen LogP contribution in [0.4, 0.5) is 0 Å². The van der Waals surface area contributed by atoms with Crippen molar-refractivity contribution in [3.8, 4) is 0 Å². The van der Waals surface area contributed by atoms with Crippen molar-refractivity contribution in [1.82, 2.24) is 5.32 Å². The van der Waals surface area contributed by atoms with Crippen LogP contribution in [0.2, 0.25) is 0 Å². The third-order valence-corrected chi connectivity index (χ3v) is 18.9. The lowest BCUT2D eigenvalue weighted by Crippen LogP contribution is -2.66. The van der Waals surface area contributed by atoms with Gasteiger partial charge < -0.3 is 89.9 Å². The zero-order chi connectivity index (χ0) is 71.8. The molecular formula is C80H139NO18. The molecule has 572 valence electrons. The molecule has 17 atom stereocenters. The normalized spacial score (nSPS) is 27.1. The fraction of sp³-hybridized carbons (Fsp3) is 0.787. The minimum atomic E-state index is -1.98. The predicted molar refractivity (Wildman–Crippen MR) is 392 cm³/mol. The highest BCUT2D eigenvalue weighted by molar-refractivity contribution is 5.76. The molecule has 0 radical (unpaired) electrons. The molecule has 0 aromatic rings. The molecule has 12 N–H and O–H groups in total. The molecule has 19 heteroatoms. The van der Waals surface area contributed by atoms with Gasteiger partial charge >= 0.3 is 0 Å². The number of carbonyl (C=O) groups is 1. The molecule has 1 amide bonds. The monoisotopic (exact) mass is 1400 g/mol. The van der Waals surface area contributed by atoms with E-state index >= 15 is 0 Å². The van der Waals surface area contributed by atoms with Crippen LogP contribution in [0.5, 0.6) is 0 Å². The van der Waals surface area contributed by atoms with Crippen LogP contribution >= 0.6 is 0 Å². The van der Waals surface area contributed by atoms with Crippen molar-refractivity contribution in [2.75, 3.05) is 26.4 Å². The standard InChI is InChI=1S/C80H139NO18/c1-3-5-7-9-11-13-15-17-19-21-23-25-27-29-30-31-32-34-36-38-40-42-44-46-48-50-52-54-56-58-68(86)81-63(64(85)57-55-53-51-49-47-45-43-41-39-37-35-33-28-26-24-22-20-18-16-14-12-10-8-6-4-2)62-94-78-74(92)71(89)76(66(60-83)96-78)99-80-75(93)72(90)77(67(61-84)97-80)98-79-73(91)70(88)69(87)65(59-82)95-79/h5,7,11,13,17,19,23,25,29-30,32,34,38,40,55,57,63-67,69-80,82-85,87-93H,3-4,6,8-10,12,14-16,18,20-22,24,26-28,31,33,35-37,39,41-54,56,58-62H2,1-2H3,(H,81,86)/b7-5-,13-11-,19-17-,25-23-,30-29-,34-32-,40-38-,57-55+. The van der Waals surface area contributed by atoms with Crippen LogP contribution in [-0.2, 0) is 33.2 Å². The highest BCUT2D eigenvalue weighted by atomic mass is 16.8. The summed E-state index contributed by atoms with van der Waals surface area (Å²) in [6.07, 6.45) is 53.7. The molecule has 3 aliphatic heterocycles. The molecule has 3 saturated heterocycles. The number of carbonyl (C=O) groups excluding carboxylic acids is 1. The van der Waals surface area contributed by atoms with Gasteiger partial charge in [0.1, 0.15) is 73.2 Å². The number of aliphatic hydroxyl groups excluding tert-OH is 11. The first-order chi connectivity index (χ1) is 48.3. The van der Waals surface area contributed by atoms with E-state index in [0.29, 0.717) is 6.42 Å². The van der Waals surface area contributed by atoms with E-state index in [2.05, 4.69) is 104 Å². The third-order valence-electron chi connectivity index (χ3n) is 18.9. The zero-order valence-corrected chi connectivity index (χ0v) is 60.9. The van der Waals surface area contributed by atoms with Gasteiger partial charge in [-0.25, -0.2) is 0 Å². The molecule has 3 fully saturated rings. The highest BCUT2D eigenvalue weighted by Crippen LogP contribution is 2.33. The lowest BCUT2D eigenvalue weighted by atomic mass is 9.96. The lowest BCUT2D eigenvalue weighted by Gasteiger charge is -2.48. The Bertz CT molecular complexity index is 2170. The van der Waals surface area contributed by atoms with Gasteiger partial charge in [0, 0.05) is 6.42 Å². The van der Waals surface area contributed by atoms with E-state index < -0.39 is 124 Å². The Hall–Kier alpha value is -3.29. The first kappa shape index (κ1) is 89.9.